The van der Waals surface area contributed by atoms with Crippen LogP contribution in [0, 0.1) is 11.3 Å². The Morgan fingerprint density at radius 2 is 2.04 bits per heavy atom. The van der Waals surface area contributed by atoms with Crippen molar-refractivity contribution in [3.05, 3.63) is 28.9 Å². The average molecular weight is 419 g/mol. The maximum Gasteiger partial charge on any atom is 0.224 e. The van der Waals surface area contributed by atoms with E-state index in [4.69, 9.17) is 0 Å². The molecule has 1 amide bonds. The molecule has 1 aromatic carbocycles. The number of carbonyl (C=O) groups is 1. The summed E-state index contributed by atoms with van der Waals surface area (Å²) < 4.78 is 2.98. The number of rotatable bonds is 5. The van der Waals surface area contributed by atoms with Crippen LogP contribution in [0.3, 0.4) is 0 Å². The number of benzene rings is 1. The van der Waals surface area contributed by atoms with E-state index in [2.05, 4.69) is 21.2 Å². The molecule has 0 saturated heterocycles. The number of nitrogens with zero attached hydrogens (tertiary/aromatic N) is 1. The van der Waals surface area contributed by atoms with E-state index in [1.807, 2.05) is 29.0 Å². The number of fused-ring (bicyclic) bond motifs is 4. The zero-order valence-corrected chi connectivity index (χ0v) is 16.9. The van der Waals surface area contributed by atoms with Gasteiger partial charge >= 0.3 is 0 Å². The van der Waals surface area contributed by atoms with Crippen molar-refractivity contribution < 1.29 is 9.90 Å². The Hall–Kier alpha value is -1.33. The van der Waals surface area contributed by atoms with Crippen molar-refractivity contribution in [1.82, 2.24) is 4.57 Å². The zero-order valence-electron chi connectivity index (χ0n) is 15.3. The van der Waals surface area contributed by atoms with Gasteiger partial charge in [-0.25, -0.2) is 0 Å². The van der Waals surface area contributed by atoms with Crippen molar-refractivity contribution >= 4 is 38.4 Å². The summed E-state index contributed by atoms with van der Waals surface area (Å²) in [5.74, 6) is 1.03. The van der Waals surface area contributed by atoms with Gasteiger partial charge in [0.1, 0.15) is 0 Å². The van der Waals surface area contributed by atoms with Gasteiger partial charge in [-0.15, -0.1) is 0 Å². The highest BCUT2D eigenvalue weighted by molar-refractivity contribution is 9.10. The van der Waals surface area contributed by atoms with Gasteiger partial charge in [0.2, 0.25) is 5.91 Å². The first-order valence-electron chi connectivity index (χ1n) is 9.71. The Labute approximate surface area is 163 Å². The number of nitrogens with one attached hydrogen (secondary N) is 1. The second kappa shape index (κ2) is 7.01. The Kier molecular flexibility index (Phi) is 4.86. The van der Waals surface area contributed by atoms with Gasteiger partial charge in [-0.3, -0.25) is 4.79 Å². The van der Waals surface area contributed by atoms with E-state index in [-0.39, 0.29) is 11.3 Å². The number of carbonyl (C=O) groups excluding carboxylic acids is 1. The normalized spacial score (nSPS) is 26.2. The third kappa shape index (κ3) is 3.44. The lowest BCUT2D eigenvalue weighted by molar-refractivity contribution is -0.120. The van der Waals surface area contributed by atoms with Crippen LogP contribution in [0.15, 0.2) is 28.9 Å². The fourth-order valence-electron chi connectivity index (χ4n) is 4.98. The van der Waals surface area contributed by atoms with Crippen molar-refractivity contribution in [3.63, 3.8) is 0 Å². The molecule has 5 rings (SSSR count). The van der Waals surface area contributed by atoms with E-state index >= 15 is 0 Å². The van der Waals surface area contributed by atoms with Crippen LogP contribution in [0.5, 0.6) is 0 Å². The van der Waals surface area contributed by atoms with E-state index in [1.54, 1.807) is 6.92 Å². The van der Waals surface area contributed by atoms with Gasteiger partial charge in [-0.1, -0.05) is 22.0 Å². The first-order chi connectivity index (χ1) is 12.5. The molecule has 2 aromatic rings. The second-order valence-electron chi connectivity index (χ2n) is 8.39. The predicted octanol–water partition coefficient (Wildman–Crippen LogP) is 5.08. The molecular weight excluding hydrogens is 392 g/mol. The largest absolute Gasteiger partial charge is 0.392 e. The van der Waals surface area contributed by atoms with E-state index in [0.29, 0.717) is 13.0 Å². The van der Waals surface area contributed by atoms with E-state index in [1.165, 1.54) is 38.5 Å². The summed E-state index contributed by atoms with van der Waals surface area (Å²) >= 11 is 3.62. The van der Waals surface area contributed by atoms with Gasteiger partial charge in [-0.05, 0) is 68.9 Å². The number of hydrogen-bond acceptors (Lipinski definition) is 2. The van der Waals surface area contributed by atoms with Crippen LogP contribution >= 0.6 is 15.9 Å². The maximum absolute atomic E-state index is 12.9. The van der Waals surface area contributed by atoms with E-state index in [9.17, 15) is 9.90 Å². The smallest absolute Gasteiger partial charge is 0.224 e. The molecule has 26 heavy (non-hydrogen) atoms. The molecule has 2 N–H and O–H groups in total. The van der Waals surface area contributed by atoms with Crippen LogP contribution < -0.4 is 5.32 Å². The van der Waals surface area contributed by atoms with Crippen molar-refractivity contribution in [2.45, 2.75) is 64.5 Å². The molecule has 3 aliphatic rings. The molecule has 3 fully saturated rings. The van der Waals surface area contributed by atoms with Crippen molar-refractivity contribution in [3.8, 4) is 0 Å². The highest BCUT2D eigenvalue weighted by atomic mass is 79.9. The highest BCUT2D eigenvalue weighted by Gasteiger charge is 2.41. The molecule has 4 nitrogen and oxygen atoms in total. The average Bonchev–Trinajstić information content (AvgIpc) is 2.94. The molecule has 0 aliphatic heterocycles. The van der Waals surface area contributed by atoms with Gasteiger partial charge in [0.05, 0.1) is 17.3 Å². The fourth-order valence-corrected chi connectivity index (χ4v) is 5.55. The molecule has 2 bridgehead atoms. The molecule has 3 aliphatic carbocycles. The number of hydrogen-bond donors (Lipinski definition) is 2. The molecule has 140 valence electrons. The molecule has 0 radical (unpaired) electrons. The van der Waals surface area contributed by atoms with Crippen LogP contribution in [-0.4, -0.2) is 21.7 Å². The van der Waals surface area contributed by atoms with Gasteiger partial charge < -0.3 is 15.0 Å². The summed E-state index contributed by atoms with van der Waals surface area (Å²) in [5.41, 5.74) is 2.08. The lowest BCUT2D eigenvalue weighted by atomic mass is 9.59. The van der Waals surface area contributed by atoms with Crippen LogP contribution in [-0.2, 0) is 11.3 Å². The fraction of sp³-hybridized carbons (Fsp3) is 0.571. The number of halogens is 1. The number of aliphatic hydroxyl groups is 1. The molecule has 1 atom stereocenters. The Bertz CT molecular complexity index is 805. The minimum absolute atomic E-state index is 0.122. The van der Waals surface area contributed by atoms with Crippen LogP contribution in [0.2, 0.25) is 0 Å². The summed E-state index contributed by atoms with van der Waals surface area (Å²) in [7, 11) is 0. The highest BCUT2D eigenvalue weighted by Crippen LogP contribution is 2.52. The van der Waals surface area contributed by atoms with E-state index < -0.39 is 6.10 Å². The number of aliphatic hydroxyl groups excluding tert-OH is 1. The maximum atomic E-state index is 12.9. The predicted molar refractivity (Wildman–Crippen MR) is 108 cm³/mol. The Morgan fingerprint density at radius 3 is 2.69 bits per heavy atom. The van der Waals surface area contributed by atoms with Crippen LogP contribution in [0.25, 0.3) is 10.9 Å². The van der Waals surface area contributed by atoms with Gasteiger partial charge in [0.25, 0.3) is 0 Å². The molecule has 5 heteroatoms. The number of anilines is 1. The standard InChI is InChI=1S/C21H27BrN2O2/c1-14(25)12-24-13-17(20-16(22)3-2-4-18(20)24)23-19(26)11-21-8-5-15(6-9-21)7-10-21/h2-4,13-15,25H,5-12H2,1H3,(H,23,26). The van der Waals surface area contributed by atoms with Crippen LogP contribution in [0.4, 0.5) is 5.69 Å². The summed E-state index contributed by atoms with van der Waals surface area (Å²) in [5, 5.41) is 14.0. The number of aromatic nitrogens is 1. The summed E-state index contributed by atoms with van der Waals surface area (Å²) in [6.45, 7) is 2.29. The summed E-state index contributed by atoms with van der Waals surface area (Å²) in [6, 6.07) is 6.00. The Balaban J connectivity index is 1.57. The lowest BCUT2D eigenvalue weighted by Crippen LogP contribution is -2.37. The molecule has 1 unspecified atom stereocenters. The van der Waals surface area contributed by atoms with Crippen molar-refractivity contribution in [2.75, 3.05) is 5.32 Å². The molecular formula is C21H27BrN2O2. The van der Waals surface area contributed by atoms with E-state index in [0.717, 1.165) is 27.0 Å². The van der Waals surface area contributed by atoms with Gasteiger partial charge in [-0.2, -0.15) is 0 Å². The van der Waals surface area contributed by atoms with Crippen LogP contribution in [0.1, 0.15) is 51.9 Å². The topological polar surface area (TPSA) is 54.3 Å². The zero-order chi connectivity index (χ0) is 18.3. The quantitative estimate of drug-likeness (QED) is 0.710. The monoisotopic (exact) mass is 418 g/mol. The third-order valence-electron chi connectivity index (χ3n) is 6.37. The summed E-state index contributed by atoms with van der Waals surface area (Å²) in [6.07, 6.45) is 9.66. The third-order valence-corrected chi connectivity index (χ3v) is 7.04. The first kappa shape index (κ1) is 18.1. The first-order valence-corrected chi connectivity index (χ1v) is 10.5. The van der Waals surface area contributed by atoms with Crippen molar-refractivity contribution in [1.29, 1.82) is 0 Å². The molecule has 1 heterocycles. The van der Waals surface area contributed by atoms with Crippen molar-refractivity contribution in [2.24, 2.45) is 11.3 Å². The molecule has 3 saturated carbocycles. The molecule has 0 spiro atoms. The SMILES string of the molecule is CC(O)Cn1cc(NC(=O)CC23CCC(CC2)CC3)c2c(Br)cccc21. The second-order valence-corrected chi connectivity index (χ2v) is 9.24. The van der Waals surface area contributed by atoms with Gasteiger partial charge in [0.15, 0.2) is 0 Å². The minimum Gasteiger partial charge on any atom is -0.392 e. The number of amides is 1. The Morgan fingerprint density at radius 1 is 1.35 bits per heavy atom. The summed E-state index contributed by atoms with van der Waals surface area (Å²) in [4.78, 5) is 12.9. The molecule has 1 aromatic heterocycles. The lowest BCUT2D eigenvalue weighted by Gasteiger charge is -2.46. The van der Waals surface area contributed by atoms with Gasteiger partial charge in [0, 0.05) is 29.0 Å². The minimum atomic E-state index is -0.440.